The van der Waals surface area contributed by atoms with Gasteiger partial charge in [0.15, 0.2) is 5.82 Å². The number of nitrogens with two attached hydrogens (primary N) is 1. The van der Waals surface area contributed by atoms with Crippen LogP contribution in [0.3, 0.4) is 0 Å². The maximum atomic E-state index is 6.03. The molecular formula is C26H33N9O2. The molecule has 194 valence electrons. The van der Waals surface area contributed by atoms with E-state index in [0.29, 0.717) is 31.0 Å². The summed E-state index contributed by atoms with van der Waals surface area (Å²) in [6.45, 7) is 7.98. The van der Waals surface area contributed by atoms with Crippen molar-refractivity contribution in [3.05, 3.63) is 52.5 Å². The Kier molecular flexibility index (Phi) is 5.96. The van der Waals surface area contributed by atoms with E-state index >= 15 is 0 Å². The highest BCUT2D eigenvalue weighted by Crippen LogP contribution is 2.32. The lowest BCUT2D eigenvalue weighted by Gasteiger charge is -2.32. The fourth-order valence-electron chi connectivity index (χ4n) is 5.72. The molecule has 2 aliphatic rings. The number of ether oxygens (including phenoxy) is 1. The number of nitrogens with one attached hydrogen (secondary N) is 1. The highest BCUT2D eigenvalue weighted by Gasteiger charge is 2.41. The van der Waals surface area contributed by atoms with Gasteiger partial charge in [0.2, 0.25) is 5.95 Å². The minimum Gasteiger partial charge on any atom is -0.496 e. The quantitative estimate of drug-likeness (QED) is 0.371. The maximum absolute atomic E-state index is 6.03. The molecule has 0 aliphatic carbocycles. The molecule has 6 rings (SSSR count). The van der Waals surface area contributed by atoms with Crippen molar-refractivity contribution in [3.63, 3.8) is 0 Å². The standard InChI is InChI=1S/C26H33N9O2/c1-15-7-19(32-37-15)10-28-25-24-23(29-26(27)30-25)16(2)31-35(24)12-18-6-5-17(8-22(18)36-4)11-34-14-20-9-21(34)13-33(20)3/h5-8,20-21H,9-14H2,1-4H3,(H3,27,28,29,30). The Bertz CT molecular complexity index is 1440. The summed E-state index contributed by atoms with van der Waals surface area (Å²) >= 11 is 0. The van der Waals surface area contributed by atoms with Crippen molar-refractivity contribution in [1.82, 2.24) is 34.7 Å². The van der Waals surface area contributed by atoms with Gasteiger partial charge in [0.25, 0.3) is 0 Å². The Morgan fingerprint density at radius 2 is 2.00 bits per heavy atom. The summed E-state index contributed by atoms with van der Waals surface area (Å²) in [6, 6.07) is 9.72. The lowest BCUT2D eigenvalue weighted by molar-refractivity contribution is 0.143. The van der Waals surface area contributed by atoms with Gasteiger partial charge in [-0.1, -0.05) is 17.3 Å². The van der Waals surface area contributed by atoms with Crippen molar-refractivity contribution >= 4 is 22.8 Å². The number of piperazine rings is 1. The first-order valence-electron chi connectivity index (χ1n) is 12.6. The number of likely N-dealkylation sites (N-methyl/N-ethyl adjacent to an activating group) is 1. The number of methoxy groups -OCH3 is 1. The molecule has 5 heterocycles. The van der Waals surface area contributed by atoms with Gasteiger partial charge in [-0.05, 0) is 38.9 Å². The van der Waals surface area contributed by atoms with Gasteiger partial charge in [0.05, 0.1) is 25.9 Å². The predicted octanol–water partition coefficient (Wildman–Crippen LogP) is 2.57. The van der Waals surface area contributed by atoms with E-state index in [2.05, 4.69) is 55.5 Å². The molecule has 2 saturated heterocycles. The molecule has 2 bridgehead atoms. The first kappa shape index (κ1) is 23.7. The molecule has 37 heavy (non-hydrogen) atoms. The van der Waals surface area contributed by atoms with Crippen LogP contribution in [0.4, 0.5) is 11.8 Å². The van der Waals surface area contributed by atoms with Crippen molar-refractivity contribution < 1.29 is 9.26 Å². The number of rotatable bonds is 8. The molecule has 3 aromatic heterocycles. The third-order valence-corrected chi connectivity index (χ3v) is 7.57. The summed E-state index contributed by atoms with van der Waals surface area (Å²) in [5, 5.41) is 12.2. The Balaban J connectivity index is 1.26. The number of aromatic nitrogens is 5. The minimum absolute atomic E-state index is 0.192. The Morgan fingerprint density at radius 3 is 2.70 bits per heavy atom. The molecule has 2 unspecified atom stereocenters. The number of anilines is 2. The van der Waals surface area contributed by atoms with E-state index in [9.17, 15) is 0 Å². The van der Waals surface area contributed by atoms with Crippen LogP contribution in [0, 0.1) is 13.8 Å². The number of benzene rings is 1. The molecule has 4 aromatic rings. The lowest BCUT2D eigenvalue weighted by atomic mass is 10.1. The van der Waals surface area contributed by atoms with E-state index in [4.69, 9.17) is 20.1 Å². The molecule has 0 amide bonds. The molecule has 0 saturated carbocycles. The largest absolute Gasteiger partial charge is 0.496 e. The van der Waals surface area contributed by atoms with E-state index in [0.717, 1.165) is 59.1 Å². The van der Waals surface area contributed by atoms with Crippen LogP contribution in [0.15, 0.2) is 28.8 Å². The molecule has 0 spiro atoms. The highest BCUT2D eigenvalue weighted by molar-refractivity contribution is 5.88. The van der Waals surface area contributed by atoms with Gasteiger partial charge in [0.1, 0.15) is 28.2 Å². The monoisotopic (exact) mass is 503 g/mol. The number of aryl methyl sites for hydroxylation is 2. The van der Waals surface area contributed by atoms with Crippen LogP contribution in [0.5, 0.6) is 5.75 Å². The molecule has 11 heteroatoms. The normalized spacial score (nSPS) is 19.8. The third-order valence-electron chi connectivity index (χ3n) is 7.57. The highest BCUT2D eigenvalue weighted by atomic mass is 16.5. The van der Waals surface area contributed by atoms with Crippen LogP contribution in [-0.4, -0.2) is 74.0 Å². The van der Waals surface area contributed by atoms with Crippen LogP contribution in [0.25, 0.3) is 11.0 Å². The second-order valence-electron chi connectivity index (χ2n) is 10.2. The molecule has 2 aliphatic heterocycles. The second kappa shape index (κ2) is 9.31. The van der Waals surface area contributed by atoms with Gasteiger partial charge in [0, 0.05) is 43.3 Å². The minimum atomic E-state index is 0.192. The average Bonchev–Trinajstić information content (AvgIpc) is 3.63. The van der Waals surface area contributed by atoms with Crippen molar-refractivity contribution in [2.24, 2.45) is 0 Å². The van der Waals surface area contributed by atoms with Crippen LogP contribution in [-0.2, 0) is 19.6 Å². The van der Waals surface area contributed by atoms with E-state index in [1.807, 2.05) is 24.6 Å². The SMILES string of the molecule is COc1cc(CN2CC3CC2CN3C)ccc1Cn1nc(C)c2nc(N)nc(NCc3cc(C)on3)c21. The molecule has 3 N–H and O–H groups in total. The van der Waals surface area contributed by atoms with Crippen LogP contribution < -0.4 is 15.8 Å². The zero-order chi connectivity index (χ0) is 25.7. The van der Waals surface area contributed by atoms with E-state index in [1.165, 1.54) is 12.0 Å². The van der Waals surface area contributed by atoms with Crippen molar-refractivity contribution in [2.75, 3.05) is 38.3 Å². The fourth-order valence-corrected chi connectivity index (χ4v) is 5.72. The summed E-state index contributed by atoms with van der Waals surface area (Å²) in [6.07, 6.45) is 1.27. The van der Waals surface area contributed by atoms with Gasteiger partial charge in [-0.15, -0.1) is 0 Å². The number of fused-ring (bicyclic) bond motifs is 3. The van der Waals surface area contributed by atoms with E-state index in [-0.39, 0.29) is 5.95 Å². The summed E-state index contributed by atoms with van der Waals surface area (Å²) in [7, 11) is 3.95. The molecule has 11 nitrogen and oxygen atoms in total. The van der Waals surface area contributed by atoms with Crippen LogP contribution in [0.2, 0.25) is 0 Å². The smallest absolute Gasteiger partial charge is 0.222 e. The van der Waals surface area contributed by atoms with E-state index < -0.39 is 0 Å². The van der Waals surface area contributed by atoms with Crippen molar-refractivity contribution in [2.45, 2.75) is 52.0 Å². The van der Waals surface area contributed by atoms with Gasteiger partial charge < -0.3 is 25.2 Å². The first-order valence-corrected chi connectivity index (χ1v) is 12.6. The molecule has 2 atom stereocenters. The Morgan fingerprint density at radius 1 is 1.14 bits per heavy atom. The van der Waals surface area contributed by atoms with Gasteiger partial charge in [-0.3, -0.25) is 9.58 Å². The Labute approximate surface area is 215 Å². The second-order valence-corrected chi connectivity index (χ2v) is 10.2. The number of hydrogen-bond acceptors (Lipinski definition) is 10. The molecular weight excluding hydrogens is 470 g/mol. The third kappa shape index (κ3) is 4.49. The van der Waals surface area contributed by atoms with E-state index in [1.54, 1.807) is 7.11 Å². The number of likely N-dealkylation sites (tertiary alicyclic amines) is 2. The summed E-state index contributed by atoms with van der Waals surface area (Å²) in [4.78, 5) is 14.0. The first-order chi connectivity index (χ1) is 17.9. The maximum Gasteiger partial charge on any atom is 0.222 e. The van der Waals surface area contributed by atoms with Gasteiger partial charge in [-0.2, -0.15) is 10.1 Å². The lowest BCUT2D eigenvalue weighted by Crippen LogP contribution is -2.43. The Hall–Kier alpha value is -3.70. The molecule has 1 aromatic carbocycles. The summed E-state index contributed by atoms with van der Waals surface area (Å²) in [5.41, 5.74) is 11.4. The fraction of sp³-hybridized carbons (Fsp3) is 0.462. The number of hydrogen-bond donors (Lipinski definition) is 2. The predicted molar refractivity (Wildman–Crippen MR) is 140 cm³/mol. The summed E-state index contributed by atoms with van der Waals surface area (Å²) < 4.78 is 12.9. The van der Waals surface area contributed by atoms with Crippen molar-refractivity contribution in [3.8, 4) is 5.75 Å². The number of nitrogen functional groups attached to an aromatic ring is 1. The molecule has 2 fully saturated rings. The topological polar surface area (TPSA) is 123 Å². The van der Waals surface area contributed by atoms with Gasteiger partial charge >= 0.3 is 0 Å². The van der Waals surface area contributed by atoms with Crippen molar-refractivity contribution in [1.29, 1.82) is 0 Å². The molecule has 0 radical (unpaired) electrons. The van der Waals surface area contributed by atoms with Crippen LogP contribution in [0.1, 0.15) is 34.7 Å². The zero-order valence-electron chi connectivity index (χ0n) is 21.7. The van der Waals surface area contributed by atoms with Crippen LogP contribution >= 0.6 is 0 Å². The zero-order valence-corrected chi connectivity index (χ0v) is 21.7. The summed E-state index contributed by atoms with van der Waals surface area (Å²) in [5.74, 6) is 2.40. The average molecular weight is 504 g/mol. The van der Waals surface area contributed by atoms with Gasteiger partial charge in [-0.25, -0.2) is 4.98 Å². The number of nitrogens with zero attached hydrogens (tertiary/aromatic N) is 7.